The minimum atomic E-state index is -1.10. The Morgan fingerprint density at radius 1 is 0.923 bits per heavy atom. The predicted molar refractivity (Wildman–Crippen MR) is 143 cm³/mol. The van der Waals surface area contributed by atoms with E-state index in [1.165, 1.54) is 17.7 Å². The molecule has 1 heterocycles. The number of aryl methyl sites for hydroxylation is 1. The van der Waals surface area contributed by atoms with Crippen LogP contribution in [0, 0.1) is 11.6 Å². The molecule has 3 aromatic carbocycles. The molecule has 1 aliphatic rings. The zero-order valence-electron chi connectivity index (χ0n) is 21.6. The summed E-state index contributed by atoms with van der Waals surface area (Å²) in [4.78, 5) is 38.5. The van der Waals surface area contributed by atoms with Crippen LogP contribution in [0.1, 0.15) is 46.8 Å². The number of carbonyl (C=O) groups is 3. The molecule has 0 spiro atoms. The molecule has 0 saturated carbocycles. The molecular formula is C30H31F2N3O4. The quantitative estimate of drug-likeness (QED) is 0.326. The number of aliphatic hydroxyl groups is 1. The summed E-state index contributed by atoms with van der Waals surface area (Å²) in [7, 11) is 0. The Bertz CT molecular complexity index is 1330. The maximum absolute atomic E-state index is 13.9. The number of nitrogens with one attached hydrogen (secondary N) is 2. The highest BCUT2D eigenvalue weighted by molar-refractivity contribution is 6.20. The Balaban J connectivity index is 1.49. The van der Waals surface area contributed by atoms with E-state index in [9.17, 15) is 28.3 Å². The molecule has 1 fully saturated rings. The van der Waals surface area contributed by atoms with E-state index in [2.05, 4.69) is 23.6 Å². The third-order valence-electron chi connectivity index (χ3n) is 6.66. The standard InChI is InChI=1S/C30H31F2N3O4/c1-2-19-5-3-6-20(11-19)17-33-18-27(36)26(14-21-12-23(31)16-24(32)13-21)34-30(39)22-7-4-8-25(15-22)35-28(37)9-10-29(35)38/h3-8,11-13,15-16,26-27,33,36H,2,9-10,14,17-18H2,1H3,(H,34,39)/t26-,27-/m0/s1. The Kier molecular flexibility index (Phi) is 9.16. The topological polar surface area (TPSA) is 98.7 Å². The first-order valence-corrected chi connectivity index (χ1v) is 12.9. The largest absolute Gasteiger partial charge is 0.390 e. The van der Waals surface area contributed by atoms with Gasteiger partial charge in [-0.1, -0.05) is 37.3 Å². The molecule has 3 aromatic rings. The fraction of sp³-hybridized carbons (Fsp3) is 0.300. The number of hydrogen-bond donors (Lipinski definition) is 3. The van der Waals surface area contributed by atoms with Crippen molar-refractivity contribution in [2.45, 2.75) is 51.3 Å². The summed E-state index contributed by atoms with van der Waals surface area (Å²) < 4.78 is 27.7. The van der Waals surface area contributed by atoms with Gasteiger partial charge in [-0.25, -0.2) is 8.78 Å². The van der Waals surface area contributed by atoms with Crippen molar-refractivity contribution in [1.29, 1.82) is 0 Å². The first kappa shape index (κ1) is 28.1. The number of benzene rings is 3. The van der Waals surface area contributed by atoms with Gasteiger partial charge in [0.25, 0.3) is 5.91 Å². The molecule has 4 rings (SSSR count). The van der Waals surface area contributed by atoms with Gasteiger partial charge in [0.05, 0.1) is 17.8 Å². The highest BCUT2D eigenvalue weighted by Gasteiger charge is 2.31. The van der Waals surface area contributed by atoms with Crippen molar-refractivity contribution in [1.82, 2.24) is 10.6 Å². The number of rotatable bonds is 11. The fourth-order valence-corrected chi connectivity index (χ4v) is 4.63. The third-order valence-corrected chi connectivity index (χ3v) is 6.66. The van der Waals surface area contributed by atoms with Gasteiger partial charge in [-0.2, -0.15) is 0 Å². The molecular weight excluding hydrogens is 504 g/mol. The zero-order chi connectivity index (χ0) is 27.9. The van der Waals surface area contributed by atoms with Crippen molar-refractivity contribution in [2.24, 2.45) is 0 Å². The van der Waals surface area contributed by atoms with Gasteiger partial charge in [0.15, 0.2) is 0 Å². The lowest BCUT2D eigenvalue weighted by molar-refractivity contribution is -0.121. The van der Waals surface area contributed by atoms with Gasteiger partial charge >= 0.3 is 0 Å². The van der Waals surface area contributed by atoms with Crippen LogP contribution in [0.25, 0.3) is 0 Å². The lowest BCUT2D eigenvalue weighted by Crippen LogP contribution is -2.48. The normalized spacial score (nSPS) is 14.9. The van der Waals surface area contributed by atoms with E-state index < -0.39 is 29.7 Å². The number of nitrogens with zero attached hydrogens (tertiary/aromatic N) is 1. The van der Waals surface area contributed by atoms with Gasteiger partial charge in [0.2, 0.25) is 11.8 Å². The second-order valence-electron chi connectivity index (χ2n) is 9.61. The summed E-state index contributed by atoms with van der Waals surface area (Å²) in [5.74, 6) is -2.76. The Morgan fingerprint density at radius 3 is 2.28 bits per heavy atom. The average molecular weight is 536 g/mol. The SMILES string of the molecule is CCc1cccc(CNC[C@H](O)[C@H](Cc2cc(F)cc(F)c2)NC(=O)c2cccc(N3C(=O)CCC3=O)c2)c1. The van der Waals surface area contributed by atoms with E-state index in [4.69, 9.17) is 0 Å². The number of amides is 3. The first-order chi connectivity index (χ1) is 18.7. The number of halogens is 2. The van der Waals surface area contributed by atoms with Crippen LogP contribution in [0.2, 0.25) is 0 Å². The van der Waals surface area contributed by atoms with Crippen LogP contribution in [-0.2, 0) is 29.0 Å². The highest BCUT2D eigenvalue weighted by atomic mass is 19.1. The molecule has 1 saturated heterocycles. The van der Waals surface area contributed by atoms with Crippen LogP contribution in [0.15, 0.2) is 66.7 Å². The van der Waals surface area contributed by atoms with Crippen molar-refractivity contribution in [3.63, 3.8) is 0 Å². The smallest absolute Gasteiger partial charge is 0.251 e. The molecule has 39 heavy (non-hydrogen) atoms. The molecule has 204 valence electrons. The summed E-state index contributed by atoms with van der Waals surface area (Å²) in [6.07, 6.45) is -0.0000785. The molecule has 7 nitrogen and oxygen atoms in total. The monoisotopic (exact) mass is 535 g/mol. The molecule has 3 amide bonds. The zero-order valence-corrected chi connectivity index (χ0v) is 21.6. The molecule has 0 unspecified atom stereocenters. The lowest BCUT2D eigenvalue weighted by Gasteiger charge is -2.25. The van der Waals surface area contributed by atoms with Crippen molar-refractivity contribution in [2.75, 3.05) is 11.4 Å². The summed E-state index contributed by atoms with van der Waals surface area (Å²) in [6.45, 7) is 2.66. The van der Waals surface area contributed by atoms with Crippen LogP contribution in [-0.4, -0.2) is 41.5 Å². The minimum absolute atomic E-state index is 0.0304. The Hall–Kier alpha value is -3.95. The molecule has 0 aliphatic carbocycles. The predicted octanol–water partition coefficient (Wildman–Crippen LogP) is 3.67. The van der Waals surface area contributed by atoms with E-state index in [0.29, 0.717) is 6.54 Å². The van der Waals surface area contributed by atoms with Crippen LogP contribution >= 0.6 is 0 Å². The van der Waals surface area contributed by atoms with Gasteiger partial charge in [-0.3, -0.25) is 19.3 Å². The van der Waals surface area contributed by atoms with E-state index in [1.54, 1.807) is 12.1 Å². The second kappa shape index (κ2) is 12.7. The number of imide groups is 1. The van der Waals surface area contributed by atoms with Crippen molar-refractivity contribution >= 4 is 23.4 Å². The van der Waals surface area contributed by atoms with Crippen LogP contribution in [0.5, 0.6) is 0 Å². The van der Waals surface area contributed by atoms with Gasteiger partial charge < -0.3 is 15.7 Å². The summed E-state index contributed by atoms with van der Waals surface area (Å²) in [6, 6.07) is 16.3. The number of anilines is 1. The summed E-state index contributed by atoms with van der Waals surface area (Å²) in [5, 5.41) is 17.0. The molecule has 3 N–H and O–H groups in total. The maximum Gasteiger partial charge on any atom is 0.251 e. The molecule has 0 radical (unpaired) electrons. The van der Waals surface area contributed by atoms with Crippen LogP contribution in [0.3, 0.4) is 0 Å². The van der Waals surface area contributed by atoms with Gasteiger partial charge in [-0.05, 0) is 59.9 Å². The van der Waals surface area contributed by atoms with E-state index in [-0.39, 0.29) is 54.4 Å². The fourth-order valence-electron chi connectivity index (χ4n) is 4.63. The first-order valence-electron chi connectivity index (χ1n) is 12.9. The van der Waals surface area contributed by atoms with Crippen molar-refractivity contribution < 1.29 is 28.3 Å². The molecule has 0 bridgehead atoms. The second-order valence-corrected chi connectivity index (χ2v) is 9.61. The van der Waals surface area contributed by atoms with E-state index in [0.717, 1.165) is 35.1 Å². The summed E-state index contributed by atoms with van der Waals surface area (Å²) in [5.41, 5.74) is 2.96. The number of hydrogen-bond acceptors (Lipinski definition) is 5. The maximum atomic E-state index is 13.9. The lowest BCUT2D eigenvalue weighted by atomic mass is 10.00. The van der Waals surface area contributed by atoms with Crippen LogP contribution in [0.4, 0.5) is 14.5 Å². The van der Waals surface area contributed by atoms with Gasteiger partial charge in [0, 0.05) is 37.6 Å². The third kappa shape index (κ3) is 7.34. The van der Waals surface area contributed by atoms with E-state index >= 15 is 0 Å². The average Bonchev–Trinajstić information content (AvgIpc) is 3.25. The van der Waals surface area contributed by atoms with Crippen LogP contribution < -0.4 is 15.5 Å². The van der Waals surface area contributed by atoms with E-state index in [1.807, 2.05) is 18.2 Å². The minimum Gasteiger partial charge on any atom is -0.390 e. The van der Waals surface area contributed by atoms with Gasteiger partial charge in [0.1, 0.15) is 11.6 Å². The van der Waals surface area contributed by atoms with Crippen molar-refractivity contribution in [3.05, 3.63) is 101 Å². The molecule has 1 aliphatic heterocycles. The number of aliphatic hydroxyl groups excluding tert-OH is 1. The molecule has 9 heteroatoms. The van der Waals surface area contributed by atoms with Gasteiger partial charge in [-0.15, -0.1) is 0 Å². The highest BCUT2D eigenvalue weighted by Crippen LogP contribution is 2.23. The van der Waals surface area contributed by atoms with Crippen molar-refractivity contribution in [3.8, 4) is 0 Å². The molecule has 2 atom stereocenters. The Morgan fingerprint density at radius 2 is 1.59 bits per heavy atom. The number of carbonyl (C=O) groups excluding carboxylic acids is 3. The summed E-state index contributed by atoms with van der Waals surface area (Å²) >= 11 is 0. The Labute approximate surface area is 225 Å². The molecule has 0 aromatic heterocycles.